The molecule has 1 aromatic carbocycles. The zero-order valence-electron chi connectivity index (χ0n) is 15.9. The molecule has 0 fully saturated rings. The first kappa shape index (κ1) is 18.4. The van der Waals surface area contributed by atoms with Crippen LogP contribution in [0, 0.1) is 17.5 Å². The van der Waals surface area contributed by atoms with Crippen LogP contribution in [0.3, 0.4) is 0 Å². The third-order valence-corrected chi connectivity index (χ3v) is 5.39. The summed E-state index contributed by atoms with van der Waals surface area (Å²) in [5.41, 5.74) is 3.24. The number of aromatic nitrogens is 4. The predicted molar refractivity (Wildman–Crippen MR) is 102 cm³/mol. The van der Waals surface area contributed by atoms with Gasteiger partial charge in [-0.15, -0.1) is 0 Å². The molecule has 0 radical (unpaired) electrons. The number of imidazole rings is 1. The van der Waals surface area contributed by atoms with Gasteiger partial charge in [-0.1, -0.05) is 0 Å². The Balaban J connectivity index is 1.49. The van der Waals surface area contributed by atoms with Gasteiger partial charge in [-0.3, -0.25) is 9.48 Å². The van der Waals surface area contributed by atoms with Gasteiger partial charge >= 0.3 is 0 Å². The fourth-order valence-electron chi connectivity index (χ4n) is 4.03. The molecule has 4 aromatic rings. The topological polar surface area (TPSA) is 55.4 Å². The molecule has 5 rings (SSSR count). The highest BCUT2D eigenvalue weighted by atomic mass is 19.2. The second kappa shape index (κ2) is 6.72. The lowest BCUT2D eigenvalue weighted by Gasteiger charge is -2.26. The molecule has 3 aromatic heterocycles. The lowest BCUT2D eigenvalue weighted by atomic mass is 9.99. The van der Waals surface area contributed by atoms with Gasteiger partial charge in [0, 0.05) is 43.3 Å². The minimum Gasteiger partial charge on any atom is -0.332 e. The first-order valence-electron chi connectivity index (χ1n) is 9.34. The molecule has 6 nitrogen and oxygen atoms in total. The van der Waals surface area contributed by atoms with E-state index < -0.39 is 17.5 Å². The van der Waals surface area contributed by atoms with Crippen LogP contribution in [0.2, 0.25) is 0 Å². The van der Waals surface area contributed by atoms with Crippen LogP contribution in [0.25, 0.3) is 16.9 Å². The van der Waals surface area contributed by atoms with Crippen LogP contribution in [0.15, 0.2) is 42.9 Å². The highest BCUT2D eigenvalue weighted by Crippen LogP contribution is 2.32. The maximum Gasteiger partial charge on any atom is 0.258 e. The normalized spacial score (nSPS) is 13.7. The molecule has 0 unspecified atom stereocenters. The van der Waals surface area contributed by atoms with Crippen LogP contribution < -0.4 is 0 Å². The molecule has 30 heavy (non-hydrogen) atoms. The van der Waals surface area contributed by atoms with Gasteiger partial charge in [0.15, 0.2) is 17.5 Å². The fraction of sp³-hybridized carbons (Fsp3) is 0.190. The van der Waals surface area contributed by atoms with Crippen molar-refractivity contribution in [3.05, 3.63) is 77.1 Å². The minimum absolute atomic E-state index is 0.163. The van der Waals surface area contributed by atoms with Gasteiger partial charge < -0.3 is 9.30 Å². The van der Waals surface area contributed by atoms with E-state index in [1.807, 2.05) is 6.20 Å². The molecular weight excluding hydrogens is 395 g/mol. The SMILES string of the molecule is Cn1nc2c(c1-c1cc(F)c(F)c(F)c1)CCN(C(=O)c1cccn3ccnc13)C2. The molecule has 1 aliphatic rings. The molecule has 0 bridgehead atoms. The number of rotatable bonds is 2. The summed E-state index contributed by atoms with van der Waals surface area (Å²) < 4.78 is 44.1. The fourth-order valence-corrected chi connectivity index (χ4v) is 4.03. The van der Waals surface area contributed by atoms with E-state index in [-0.39, 0.29) is 18.0 Å². The monoisotopic (exact) mass is 411 g/mol. The Bertz CT molecular complexity index is 1290. The standard InChI is InChI=1S/C21H16F3N5O/c1-27-19(12-9-15(22)18(24)16(23)10-12)13-4-7-29(11-17(13)26-27)21(30)14-3-2-6-28-8-5-25-20(14)28/h2-3,5-6,8-10H,4,7,11H2,1H3. The molecule has 0 saturated carbocycles. The minimum atomic E-state index is -1.50. The van der Waals surface area contributed by atoms with Crippen molar-refractivity contribution in [2.45, 2.75) is 13.0 Å². The lowest BCUT2D eigenvalue weighted by Crippen LogP contribution is -2.36. The molecule has 1 amide bonds. The third kappa shape index (κ3) is 2.77. The molecule has 0 atom stereocenters. The zero-order chi connectivity index (χ0) is 21.0. The van der Waals surface area contributed by atoms with Crippen molar-refractivity contribution in [2.24, 2.45) is 7.05 Å². The van der Waals surface area contributed by atoms with Gasteiger partial charge in [0.25, 0.3) is 5.91 Å². The van der Waals surface area contributed by atoms with Crippen molar-refractivity contribution in [2.75, 3.05) is 6.54 Å². The Labute approximate surface area is 169 Å². The number of pyridine rings is 1. The number of halogens is 3. The lowest BCUT2D eigenvalue weighted by molar-refractivity contribution is 0.0733. The third-order valence-electron chi connectivity index (χ3n) is 5.39. The van der Waals surface area contributed by atoms with Crippen molar-refractivity contribution in [1.29, 1.82) is 0 Å². The number of fused-ring (bicyclic) bond motifs is 2. The van der Waals surface area contributed by atoms with E-state index in [1.54, 1.807) is 40.9 Å². The number of nitrogens with zero attached hydrogens (tertiary/aromatic N) is 5. The Kier molecular flexibility index (Phi) is 4.12. The van der Waals surface area contributed by atoms with Crippen molar-refractivity contribution in [1.82, 2.24) is 24.1 Å². The Morgan fingerprint density at radius 3 is 2.67 bits per heavy atom. The summed E-state index contributed by atoms with van der Waals surface area (Å²) in [6, 6.07) is 5.44. The molecule has 152 valence electrons. The summed E-state index contributed by atoms with van der Waals surface area (Å²) in [7, 11) is 1.66. The number of aryl methyl sites for hydroxylation is 1. The van der Waals surface area contributed by atoms with Crippen molar-refractivity contribution < 1.29 is 18.0 Å². The summed E-state index contributed by atoms with van der Waals surface area (Å²) in [5, 5.41) is 4.45. The maximum atomic E-state index is 13.7. The summed E-state index contributed by atoms with van der Waals surface area (Å²) in [6.07, 6.45) is 5.68. The van der Waals surface area contributed by atoms with Crippen LogP contribution in [-0.4, -0.2) is 36.5 Å². The van der Waals surface area contributed by atoms with Crippen LogP contribution in [0.5, 0.6) is 0 Å². The average Bonchev–Trinajstić information content (AvgIpc) is 3.33. The first-order valence-corrected chi connectivity index (χ1v) is 9.34. The van der Waals surface area contributed by atoms with Crippen LogP contribution in [0.1, 0.15) is 21.6 Å². The zero-order valence-corrected chi connectivity index (χ0v) is 15.9. The largest absolute Gasteiger partial charge is 0.332 e. The van der Waals surface area contributed by atoms with E-state index in [0.29, 0.717) is 35.6 Å². The van der Waals surface area contributed by atoms with Gasteiger partial charge in [0.05, 0.1) is 23.5 Å². The van der Waals surface area contributed by atoms with E-state index in [2.05, 4.69) is 10.1 Å². The molecule has 0 N–H and O–H groups in total. The van der Waals surface area contributed by atoms with Crippen molar-refractivity contribution in [3.63, 3.8) is 0 Å². The number of carbonyl (C=O) groups excluding carboxylic acids is 1. The van der Waals surface area contributed by atoms with Crippen molar-refractivity contribution in [3.8, 4) is 11.3 Å². The summed E-state index contributed by atoms with van der Waals surface area (Å²) >= 11 is 0. The number of hydrogen-bond donors (Lipinski definition) is 0. The Hall–Kier alpha value is -3.62. The smallest absolute Gasteiger partial charge is 0.258 e. The van der Waals surface area contributed by atoms with E-state index in [9.17, 15) is 18.0 Å². The quantitative estimate of drug-likeness (QED) is 0.476. The molecule has 9 heteroatoms. The highest BCUT2D eigenvalue weighted by molar-refractivity contribution is 5.99. The van der Waals surface area contributed by atoms with E-state index in [1.165, 1.54) is 4.68 Å². The van der Waals surface area contributed by atoms with Crippen LogP contribution in [0.4, 0.5) is 13.2 Å². The van der Waals surface area contributed by atoms with E-state index >= 15 is 0 Å². The highest BCUT2D eigenvalue weighted by Gasteiger charge is 2.29. The molecule has 0 aliphatic carbocycles. The van der Waals surface area contributed by atoms with Gasteiger partial charge in [-0.05, 0) is 30.7 Å². The van der Waals surface area contributed by atoms with Gasteiger partial charge in [0.2, 0.25) is 0 Å². The molecular formula is C21H16F3N5O. The number of carbonyl (C=O) groups is 1. The molecule has 4 heterocycles. The summed E-state index contributed by atoms with van der Waals surface area (Å²) in [5.74, 6) is -4.16. The summed E-state index contributed by atoms with van der Waals surface area (Å²) in [4.78, 5) is 19.0. The molecule has 0 saturated heterocycles. The van der Waals surface area contributed by atoms with Gasteiger partial charge in [-0.25, -0.2) is 18.2 Å². The number of amides is 1. The average molecular weight is 411 g/mol. The Morgan fingerprint density at radius 1 is 1.13 bits per heavy atom. The molecule has 1 aliphatic heterocycles. The van der Waals surface area contributed by atoms with Gasteiger partial charge in [0.1, 0.15) is 5.65 Å². The number of benzene rings is 1. The second-order valence-electron chi connectivity index (χ2n) is 7.21. The molecule has 0 spiro atoms. The Morgan fingerprint density at radius 2 is 1.90 bits per heavy atom. The summed E-state index contributed by atoms with van der Waals surface area (Å²) in [6.45, 7) is 0.675. The second-order valence-corrected chi connectivity index (χ2v) is 7.21. The van der Waals surface area contributed by atoms with Gasteiger partial charge in [-0.2, -0.15) is 5.10 Å². The van der Waals surface area contributed by atoms with Crippen LogP contribution >= 0.6 is 0 Å². The maximum absolute atomic E-state index is 13.7. The number of hydrogen-bond acceptors (Lipinski definition) is 3. The van der Waals surface area contributed by atoms with E-state index in [0.717, 1.165) is 17.7 Å². The predicted octanol–water partition coefficient (Wildman–Crippen LogP) is 3.35. The van der Waals surface area contributed by atoms with Crippen molar-refractivity contribution >= 4 is 11.6 Å². The van der Waals surface area contributed by atoms with E-state index in [4.69, 9.17) is 0 Å². The first-order chi connectivity index (χ1) is 14.4. The van der Waals surface area contributed by atoms with Crippen LogP contribution in [-0.2, 0) is 20.0 Å².